The lowest BCUT2D eigenvalue weighted by Crippen LogP contribution is -2.23. The molecule has 1 aliphatic carbocycles. The Hall–Kier alpha value is -2.82. The summed E-state index contributed by atoms with van der Waals surface area (Å²) >= 11 is 0. The number of amides is 2. The smallest absolute Gasteiger partial charge is 0.243 e. The van der Waals surface area contributed by atoms with E-state index in [1.165, 1.54) is 0 Å². The number of rotatable bonds is 6. The van der Waals surface area contributed by atoms with Gasteiger partial charge in [-0.3, -0.25) is 9.59 Å². The molecule has 2 aromatic rings. The van der Waals surface area contributed by atoms with Gasteiger partial charge in [-0.25, -0.2) is 0 Å². The Morgan fingerprint density at radius 3 is 2.42 bits per heavy atom. The van der Waals surface area contributed by atoms with Crippen LogP contribution in [-0.2, 0) is 9.59 Å². The predicted molar refractivity (Wildman–Crippen MR) is 106 cm³/mol. The molecule has 2 aromatic carbocycles. The second kappa shape index (κ2) is 7.60. The quantitative estimate of drug-likeness (QED) is 0.736. The van der Waals surface area contributed by atoms with Crippen LogP contribution in [0.4, 0.5) is 17.1 Å². The standard InChI is InChI=1S/C21H25N3O2/c1-13-7-8-14(2)19(11-13)23-20(25)12-22-17-5-4-6-18(15(17)3)24-21(26)16-9-10-16/h4-8,11,16,22H,9-10,12H2,1-3H3,(H,23,25)(H,24,26). The van der Waals surface area contributed by atoms with Gasteiger partial charge >= 0.3 is 0 Å². The van der Waals surface area contributed by atoms with Crippen LogP contribution in [0.3, 0.4) is 0 Å². The van der Waals surface area contributed by atoms with Crippen molar-refractivity contribution in [1.82, 2.24) is 0 Å². The molecular weight excluding hydrogens is 326 g/mol. The second-order valence-corrected chi connectivity index (χ2v) is 6.96. The van der Waals surface area contributed by atoms with Crippen molar-refractivity contribution in [2.24, 2.45) is 5.92 Å². The Balaban J connectivity index is 1.61. The summed E-state index contributed by atoms with van der Waals surface area (Å²) in [5.74, 6) is 0.137. The third kappa shape index (κ3) is 4.42. The molecule has 0 bridgehead atoms. The van der Waals surface area contributed by atoms with Gasteiger partial charge in [0.25, 0.3) is 0 Å². The van der Waals surface area contributed by atoms with Gasteiger partial charge < -0.3 is 16.0 Å². The first-order valence-corrected chi connectivity index (χ1v) is 8.95. The lowest BCUT2D eigenvalue weighted by Gasteiger charge is -2.15. The highest BCUT2D eigenvalue weighted by Gasteiger charge is 2.29. The fourth-order valence-corrected chi connectivity index (χ4v) is 2.78. The van der Waals surface area contributed by atoms with E-state index >= 15 is 0 Å². The van der Waals surface area contributed by atoms with Gasteiger partial charge in [0.15, 0.2) is 0 Å². The Morgan fingerprint density at radius 1 is 0.962 bits per heavy atom. The van der Waals surface area contributed by atoms with Gasteiger partial charge in [-0.1, -0.05) is 18.2 Å². The molecule has 2 amide bonds. The molecule has 26 heavy (non-hydrogen) atoms. The molecule has 0 unspecified atom stereocenters. The molecule has 136 valence electrons. The van der Waals surface area contributed by atoms with Crippen LogP contribution in [0.15, 0.2) is 36.4 Å². The number of anilines is 3. The highest BCUT2D eigenvalue weighted by Crippen LogP contribution is 2.31. The van der Waals surface area contributed by atoms with E-state index in [1.807, 2.05) is 57.2 Å². The minimum atomic E-state index is -0.106. The summed E-state index contributed by atoms with van der Waals surface area (Å²) in [5.41, 5.74) is 5.54. The molecule has 0 heterocycles. The summed E-state index contributed by atoms with van der Waals surface area (Å²) in [7, 11) is 0. The third-order valence-electron chi connectivity index (χ3n) is 4.65. The Kier molecular flexibility index (Phi) is 5.26. The molecule has 0 atom stereocenters. The number of benzene rings is 2. The number of carbonyl (C=O) groups is 2. The molecule has 1 fully saturated rings. The SMILES string of the molecule is Cc1ccc(C)c(NC(=O)CNc2cccc(NC(=O)C3CC3)c2C)c1. The maximum Gasteiger partial charge on any atom is 0.243 e. The maximum atomic E-state index is 12.3. The van der Waals surface area contributed by atoms with Gasteiger partial charge in [0.05, 0.1) is 6.54 Å². The summed E-state index contributed by atoms with van der Waals surface area (Å²) in [6.07, 6.45) is 1.95. The molecule has 3 N–H and O–H groups in total. The normalized spacial score (nSPS) is 13.2. The monoisotopic (exact) mass is 351 g/mol. The molecule has 0 aromatic heterocycles. The first kappa shape index (κ1) is 18.0. The molecule has 0 spiro atoms. The summed E-state index contributed by atoms with van der Waals surface area (Å²) in [6, 6.07) is 11.7. The van der Waals surface area contributed by atoms with Crippen molar-refractivity contribution >= 4 is 28.9 Å². The molecule has 0 aliphatic heterocycles. The summed E-state index contributed by atoms with van der Waals surface area (Å²) in [5, 5.41) is 9.08. The highest BCUT2D eigenvalue weighted by molar-refractivity contribution is 5.96. The van der Waals surface area contributed by atoms with Gasteiger partial charge in [-0.05, 0) is 68.5 Å². The average Bonchev–Trinajstić information content (AvgIpc) is 3.44. The molecule has 0 radical (unpaired) electrons. The number of hydrogen-bond acceptors (Lipinski definition) is 3. The fraction of sp³-hybridized carbons (Fsp3) is 0.333. The topological polar surface area (TPSA) is 70.2 Å². The Morgan fingerprint density at radius 2 is 1.69 bits per heavy atom. The fourth-order valence-electron chi connectivity index (χ4n) is 2.78. The van der Waals surface area contributed by atoms with Gasteiger partial charge in [0.1, 0.15) is 0 Å². The number of nitrogens with one attached hydrogen (secondary N) is 3. The largest absolute Gasteiger partial charge is 0.376 e. The van der Waals surface area contributed by atoms with Crippen molar-refractivity contribution < 1.29 is 9.59 Å². The van der Waals surface area contributed by atoms with Gasteiger partial charge in [-0.2, -0.15) is 0 Å². The van der Waals surface area contributed by atoms with Crippen LogP contribution >= 0.6 is 0 Å². The predicted octanol–water partition coefficient (Wildman–Crippen LogP) is 4.01. The van der Waals surface area contributed by atoms with Crippen LogP contribution in [0.2, 0.25) is 0 Å². The van der Waals surface area contributed by atoms with E-state index in [0.29, 0.717) is 0 Å². The molecule has 1 saturated carbocycles. The lowest BCUT2D eigenvalue weighted by atomic mass is 10.1. The van der Waals surface area contributed by atoms with Gasteiger partial charge in [0, 0.05) is 23.0 Å². The van der Waals surface area contributed by atoms with Crippen LogP contribution < -0.4 is 16.0 Å². The zero-order chi connectivity index (χ0) is 18.7. The van der Waals surface area contributed by atoms with Crippen molar-refractivity contribution in [3.05, 3.63) is 53.1 Å². The minimum Gasteiger partial charge on any atom is -0.376 e. The maximum absolute atomic E-state index is 12.3. The van der Waals surface area contributed by atoms with E-state index in [0.717, 1.165) is 46.6 Å². The summed E-state index contributed by atoms with van der Waals surface area (Å²) in [4.78, 5) is 24.2. The van der Waals surface area contributed by atoms with Gasteiger partial charge in [-0.15, -0.1) is 0 Å². The van der Waals surface area contributed by atoms with E-state index in [1.54, 1.807) is 0 Å². The molecule has 5 heteroatoms. The number of carbonyl (C=O) groups excluding carboxylic acids is 2. The second-order valence-electron chi connectivity index (χ2n) is 6.96. The van der Waals surface area contributed by atoms with Crippen LogP contribution in [0.5, 0.6) is 0 Å². The molecular formula is C21H25N3O2. The van der Waals surface area contributed by atoms with E-state index in [4.69, 9.17) is 0 Å². The van der Waals surface area contributed by atoms with Crippen LogP contribution in [0, 0.1) is 26.7 Å². The molecule has 3 rings (SSSR count). The van der Waals surface area contributed by atoms with Gasteiger partial charge in [0.2, 0.25) is 11.8 Å². The number of aryl methyl sites for hydroxylation is 2. The van der Waals surface area contributed by atoms with E-state index < -0.39 is 0 Å². The van der Waals surface area contributed by atoms with Crippen LogP contribution in [-0.4, -0.2) is 18.4 Å². The van der Waals surface area contributed by atoms with E-state index in [2.05, 4.69) is 16.0 Å². The molecule has 0 saturated heterocycles. The zero-order valence-electron chi connectivity index (χ0n) is 15.5. The van der Waals surface area contributed by atoms with Crippen LogP contribution in [0.25, 0.3) is 0 Å². The Labute approximate surface area is 154 Å². The lowest BCUT2D eigenvalue weighted by molar-refractivity contribution is -0.117. The van der Waals surface area contributed by atoms with Crippen molar-refractivity contribution in [3.8, 4) is 0 Å². The minimum absolute atomic E-state index is 0.0814. The average molecular weight is 351 g/mol. The van der Waals surface area contributed by atoms with Crippen LogP contribution in [0.1, 0.15) is 29.5 Å². The molecule has 1 aliphatic rings. The van der Waals surface area contributed by atoms with Crippen molar-refractivity contribution in [2.75, 3.05) is 22.5 Å². The zero-order valence-corrected chi connectivity index (χ0v) is 15.5. The highest BCUT2D eigenvalue weighted by atomic mass is 16.2. The van der Waals surface area contributed by atoms with Crippen molar-refractivity contribution in [2.45, 2.75) is 33.6 Å². The summed E-state index contributed by atoms with van der Waals surface area (Å²) in [6.45, 7) is 6.07. The number of hydrogen-bond donors (Lipinski definition) is 3. The molecule has 5 nitrogen and oxygen atoms in total. The van der Waals surface area contributed by atoms with Crippen molar-refractivity contribution in [1.29, 1.82) is 0 Å². The Bertz CT molecular complexity index is 841. The van der Waals surface area contributed by atoms with Crippen molar-refractivity contribution in [3.63, 3.8) is 0 Å². The van der Waals surface area contributed by atoms with E-state index in [-0.39, 0.29) is 24.3 Å². The first-order valence-electron chi connectivity index (χ1n) is 8.95. The third-order valence-corrected chi connectivity index (χ3v) is 4.65. The van der Waals surface area contributed by atoms with E-state index in [9.17, 15) is 9.59 Å². The first-order chi connectivity index (χ1) is 12.4. The summed E-state index contributed by atoms with van der Waals surface area (Å²) < 4.78 is 0.